The standard InChI is InChI=1S/C10H11BrN2O3S/c1-6(2)13-10(14)8-5-7(11)3-4-9(8)12-17(13,15)16/h3-6,12H,1-2H3. The molecule has 17 heavy (non-hydrogen) atoms. The van der Waals surface area contributed by atoms with Gasteiger partial charge in [0.2, 0.25) is 0 Å². The highest BCUT2D eigenvalue weighted by Crippen LogP contribution is 2.29. The first-order chi connectivity index (χ1) is 7.83. The maximum absolute atomic E-state index is 12.1. The van der Waals surface area contributed by atoms with E-state index in [4.69, 9.17) is 0 Å². The van der Waals surface area contributed by atoms with E-state index in [0.29, 0.717) is 11.3 Å². The summed E-state index contributed by atoms with van der Waals surface area (Å²) < 4.78 is 27.7. The molecular weight excluding hydrogens is 308 g/mol. The third-order valence-electron chi connectivity index (χ3n) is 2.38. The van der Waals surface area contributed by atoms with Crippen LogP contribution in [-0.2, 0) is 10.2 Å². The highest BCUT2D eigenvalue weighted by atomic mass is 79.9. The van der Waals surface area contributed by atoms with Crippen LogP contribution in [0.4, 0.5) is 5.69 Å². The molecule has 92 valence electrons. The molecule has 0 saturated carbocycles. The fraction of sp³-hybridized carbons (Fsp3) is 0.300. The van der Waals surface area contributed by atoms with Crippen LogP contribution in [0.25, 0.3) is 0 Å². The third kappa shape index (κ3) is 2.04. The lowest BCUT2D eigenvalue weighted by Gasteiger charge is -2.31. The van der Waals surface area contributed by atoms with Gasteiger partial charge in [0.05, 0.1) is 11.3 Å². The number of nitrogens with zero attached hydrogens (tertiary/aromatic N) is 1. The Bertz CT molecular complexity index is 583. The Labute approximate surface area is 108 Å². The van der Waals surface area contributed by atoms with Gasteiger partial charge in [0.15, 0.2) is 0 Å². The van der Waals surface area contributed by atoms with Crippen molar-refractivity contribution in [2.45, 2.75) is 19.9 Å². The van der Waals surface area contributed by atoms with Gasteiger partial charge in [0, 0.05) is 10.5 Å². The van der Waals surface area contributed by atoms with Crippen LogP contribution in [0.1, 0.15) is 24.2 Å². The molecule has 0 unspecified atom stereocenters. The molecule has 0 aromatic heterocycles. The minimum absolute atomic E-state index is 0.315. The van der Waals surface area contributed by atoms with Crippen molar-refractivity contribution in [3.8, 4) is 0 Å². The van der Waals surface area contributed by atoms with Gasteiger partial charge >= 0.3 is 10.2 Å². The highest BCUT2D eigenvalue weighted by Gasteiger charge is 2.37. The molecule has 7 heteroatoms. The summed E-state index contributed by atoms with van der Waals surface area (Å²) in [5.74, 6) is -0.505. The van der Waals surface area contributed by atoms with E-state index in [1.165, 1.54) is 0 Å². The second-order valence-electron chi connectivity index (χ2n) is 3.99. The molecule has 2 rings (SSSR count). The average molecular weight is 319 g/mol. The number of anilines is 1. The van der Waals surface area contributed by atoms with Crippen LogP contribution in [0.15, 0.2) is 22.7 Å². The lowest BCUT2D eigenvalue weighted by molar-refractivity contribution is 0.0834. The van der Waals surface area contributed by atoms with Gasteiger partial charge in [-0.3, -0.25) is 9.52 Å². The first kappa shape index (κ1) is 12.4. The number of amides is 1. The van der Waals surface area contributed by atoms with Crippen molar-refractivity contribution in [1.82, 2.24) is 4.31 Å². The monoisotopic (exact) mass is 318 g/mol. The molecule has 1 amide bonds. The number of fused-ring (bicyclic) bond motifs is 1. The van der Waals surface area contributed by atoms with E-state index in [9.17, 15) is 13.2 Å². The van der Waals surface area contributed by atoms with Gasteiger partial charge in [-0.1, -0.05) is 15.9 Å². The Morgan fingerprint density at radius 1 is 1.35 bits per heavy atom. The molecule has 0 bridgehead atoms. The maximum atomic E-state index is 12.1. The number of benzene rings is 1. The van der Waals surface area contributed by atoms with Crippen molar-refractivity contribution in [3.63, 3.8) is 0 Å². The van der Waals surface area contributed by atoms with Gasteiger partial charge in [0.1, 0.15) is 0 Å². The van der Waals surface area contributed by atoms with E-state index in [1.54, 1.807) is 32.0 Å². The molecule has 0 spiro atoms. The molecule has 5 nitrogen and oxygen atoms in total. The molecule has 0 saturated heterocycles. The van der Waals surface area contributed by atoms with Crippen molar-refractivity contribution < 1.29 is 13.2 Å². The van der Waals surface area contributed by atoms with Crippen molar-refractivity contribution in [2.24, 2.45) is 0 Å². The SMILES string of the molecule is CC(C)N1C(=O)c2cc(Br)ccc2NS1(=O)=O. The maximum Gasteiger partial charge on any atom is 0.326 e. The highest BCUT2D eigenvalue weighted by molar-refractivity contribution is 9.10. The summed E-state index contributed by atoms with van der Waals surface area (Å²) in [4.78, 5) is 12.1. The summed E-state index contributed by atoms with van der Waals surface area (Å²) in [6.45, 7) is 3.31. The predicted molar refractivity (Wildman–Crippen MR) is 68.0 cm³/mol. The lowest BCUT2D eigenvalue weighted by atomic mass is 10.1. The minimum atomic E-state index is -3.78. The van der Waals surface area contributed by atoms with Gasteiger partial charge < -0.3 is 0 Å². The van der Waals surface area contributed by atoms with Gasteiger partial charge in [0.25, 0.3) is 5.91 Å². The lowest BCUT2D eigenvalue weighted by Crippen LogP contribution is -2.48. The second kappa shape index (κ2) is 3.99. The molecule has 1 aromatic rings. The second-order valence-corrected chi connectivity index (χ2v) is 6.46. The van der Waals surface area contributed by atoms with Crippen LogP contribution in [0, 0.1) is 0 Å². The quantitative estimate of drug-likeness (QED) is 0.860. The Balaban J connectivity index is 2.62. The van der Waals surface area contributed by atoms with Crippen LogP contribution in [0.2, 0.25) is 0 Å². The van der Waals surface area contributed by atoms with Crippen LogP contribution >= 0.6 is 15.9 Å². The Hall–Kier alpha value is -1.08. The molecule has 0 aliphatic carbocycles. The van der Waals surface area contributed by atoms with Gasteiger partial charge in [-0.25, -0.2) is 4.31 Å². The van der Waals surface area contributed by atoms with Crippen LogP contribution < -0.4 is 4.72 Å². The van der Waals surface area contributed by atoms with Crippen LogP contribution in [0.3, 0.4) is 0 Å². The van der Waals surface area contributed by atoms with Crippen LogP contribution in [0.5, 0.6) is 0 Å². The van der Waals surface area contributed by atoms with E-state index in [-0.39, 0.29) is 0 Å². The molecule has 1 aliphatic rings. The first-order valence-electron chi connectivity index (χ1n) is 4.99. The third-order valence-corrected chi connectivity index (χ3v) is 4.46. The van der Waals surface area contributed by atoms with Gasteiger partial charge in [-0.15, -0.1) is 0 Å². The van der Waals surface area contributed by atoms with Gasteiger partial charge in [-0.2, -0.15) is 8.42 Å². The van der Waals surface area contributed by atoms with Crippen LogP contribution in [-0.4, -0.2) is 24.7 Å². The van der Waals surface area contributed by atoms with Gasteiger partial charge in [-0.05, 0) is 32.0 Å². The van der Waals surface area contributed by atoms with Crippen molar-refractivity contribution in [3.05, 3.63) is 28.2 Å². The summed E-state index contributed by atoms with van der Waals surface area (Å²) in [6.07, 6.45) is 0. The molecule has 1 heterocycles. The number of carbonyl (C=O) groups excluding carboxylic acids is 1. The predicted octanol–water partition coefficient (Wildman–Crippen LogP) is 1.97. The fourth-order valence-corrected chi connectivity index (χ4v) is 3.50. The molecule has 1 N–H and O–H groups in total. The van der Waals surface area contributed by atoms with E-state index in [2.05, 4.69) is 20.7 Å². The topological polar surface area (TPSA) is 66.5 Å². The van der Waals surface area contributed by atoms with E-state index in [0.717, 1.165) is 8.78 Å². The summed E-state index contributed by atoms with van der Waals surface area (Å²) in [6, 6.07) is 4.42. The van der Waals surface area contributed by atoms with E-state index < -0.39 is 22.2 Å². The Morgan fingerprint density at radius 3 is 2.59 bits per heavy atom. The number of hydrogen-bond acceptors (Lipinski definition) is 3. The largest absolute Gasteiger partial charge is 0.326 e. The molecular formula is C10H11BrN2O3S. The van der Waals surface area contributed by atoms with Crippen molar-refractivity contribution in [1.29, 1.82) is 0 Å². The Morgan fingerprint density at radius 2 is 2.00 bits per heavy atom. The number of nitrogens with one attached hydrogen (secondary N) is 1. The zero-order valence-electron chi connectivity index (χ0n) is 9.27. The molecule has 0 radical (unpaired) electrons. The summed E-state index contributed by atoms with van der Waals surface area (Å²) in [5.41, 5.74) is 0.665. The van der Waals surface area contributed by atoms with Crippen molar-refractivity contribution in [2.75, 3.05) is 4.72 Å². The molecule has 0 atom stereocenters. The smallest absolute Gasteiger partial charge is 0.268 e. The van der Waals surface area contributed by atoms with E-state index >= 15 is 0 Å². The number of carbonyl (C=O) groups is 1. The number of rotatable bonds is 1. The average Bonchev–Trinajstić information content (AvgIpc) is 2.17. The normalized spacial score (nSPS) is 17.9. The summed E-state index contributed by atoms with van der Waals surface area (Å²) in [5, 5.41) is 0. The zero-order chi connectivity index (χ0) is 12.8. The molecule has 1 aliphatic heterocycles. The summed E-state index contributed by atoms with van der Waals surface area (Å²) >= 11 is 3.26. The number of halogens is 1. The Kier molecular flexibility index (Phi) is 2.90. The molecule has 0 fully saturated rings. The zero-order valence-corrected chi connectivity index (χ0v) is 11.7. The number of hydrogen-bond donors (Lipinski definition) is 1. The summed E-state index contributed by atoms with van der Waals surface area (Å²) in [7, 11) is -3.78. The van der Waals surface area contributed by atoms with Crippen molar-refractivity contribution >= 4 is 37.7 Å². The first-order valence-corrected chi connectivity index (χ1v) is 7.22. The van der Waals surface area contributed by atoms with E-state index in [1.807, 2.05) is 0 Å². The minimum Gasteiger partial charge on any atom is -0.268 e. The fourth-order valence-electron chi connectivity index (χ4n) is 1.71. The molecule has 1 aromatic carbocycles.